The molecule has 2 aromatic rings. The molecule has 2 rings (SSSR count). The minimum absolute atomic E-state index is 0.120. The van der Waals surface area contributed by atoms with Gasteiger partial charge in [0.15, 0.2) is 0 Å². The molecule has 17 heavy (non-hydrogen) atoms. The van der Waals surface area contributed by atoms with Crippen LogP contribution in [0.5, 0.6) is 0 Å². The van der Waals surface area contributed by atoms with Crippen LogP contribution in [0.2, 0.25) is 0 Å². The van der Waals surface area contributed by atoms with Gasteiger partial charge in [0.1, 0.15) is 11.3 Å². The summed E-state index contributed by atoms with van der Waals surface area (Å²) in [5.74, 6) is 0.899. The second-order valence-corrected chi connectivity index (χ2v) is 4.83. The lowest BCUT2D eigenvalue weighted by molar-refractivity contribution is 0.455. The summed E-state index contributed by atoms with van der Waals surface area (Å²) in [6.07, 6.45) is 0.510. The van der Waals surface area contributed by atoms with Gasteiger partial charge >= 0.3 is 0 Å². The first-order valence-electron chi connectivity index (χ1n) is 5.50. The molecule has 1 unspecified atom stereocenters. The average Bonchev–Trinajstić information content (AvgIpc) is 2.72. The lowest BCUT2D eigenvalue weighted by Gasteiger charge is -2.08. The van der Waals surface area contributed by atoms with Crippen molar-refractivity contribution in [3.63, 3.8) is 0 Å². The molecule has 1 atom stereocenters. The smallest absolute Gasteiger partial charge is 0.134 e. The highest BCUT2D eigenvalue weighted by atomic mass is 79.9. The fraction of sp³-hybridized carbons (Fsp3) is 0.308. The van der Waals surface area contributed by atoms with E-state index in [1.807, 2.05) is 31.2 Å². The van der Waals surface area contributed by atoms with Crippen molar-refractivity contribution in [2.75, 3.05) is 6.54 Å². The van der Waals surface area contributed by atoms with Crippen molar-refractivity contribution < 1.29 is 4.42 Å². The topological polar surface area (TPSA) is 49.0 Å². The number of furan rings is 1. The van der Waals surface area contributed by atoms with Crippen LogP contribution in [0, 0.1) is 11.3 Å². The molecule has 1 heterocycles. The first-order valence-corrected chi connectivity index (χ1v) is 6.29. The predicted octanol–water partition coefficient (Wildman–Crippen LogP) is 3.76. The van der Waals surface area contributed by atoms with Crippen molar-refractivity contribution in [3.05, 3.63) is 34.5 Å². The molecular formula is C13H13BrN2O. The molecule has 1 aromatic heterocycles. The Balaban J connectivity index is 2.16. The maximum Gasteiger partial charge on any atom is 0.134 e. The van der Waals surface area contributed by atoms with Crippen LogP contribution in [0.15, 0.2) is 33.2 Å². The summed E-state index contributed by atoms with van der Waals surface area (Å²) in [7, 11) is 0. The highest BCUT2D eigenvalue weighted by Crippen LogP contribution is 2.26. The summed E-state index contributed by atoms with van der Waals surface area (Å²) in [4.78, 5) is 0. The fourth-order valence-electron chi connectivity index (χ4n) is 1.69. The van der Waals surface area contributed by atoms with Gasteiger partial charge in [0, 0.05) is 22.8 Å². The van der Waals surface area contributed by atoms with E-state index in [-0.39, 0.29) is 6.04 Å². The Hall–Kier alpha value is -1.31. The molecule has 1 N–H and O–H groups in total. The van der Waals surface area contributed by atoms with E-state index >= 15 is 0 Å². The van der Waals surface area contributed by atoms with Gasteiger partial charge in [-0.15, -0.1) is 0 Å². The van der Waals surface area contributed by atoms with Crippen molar-refractivity contribution in [3.8, 4) is 6.07 Å². The minimum atomic E-state index is 0.120. The summed E-state index contributed by atoms with van der Waals surface area (Å²) in [6, 6.07) is 10.2. The second-order valence-electron chi connectivity index (χ2n) is 3.91. The Morgan fingerprint density at radius 2 is 2.29 bits per heavy atom. The Morgan fingerprint density at radius 3 is 3.06 bits per heavy atom. The van der Waals surface area contributed by atoms with E-state index in [1.165, 1.54) is 0 Å². The average molecular weight is 293 g/mol. The third-order valence-corrected chi connectivity index (χ3v) is 3.10. The number of halogens is 1. The molecule has 0 saturated carbocycles. The number of fused-ring (bicyclic) bond motifs is 1. The molecule has 0 spiro atoms. The van der Waals surface area contributed by atoms with Crippen molar-refractivity contribution in [2.45, 2.75) is 19.4 Å². The van der Waals surface area contributed by atoms with E-state index in [0.717, 1.165) is 21.2 Å². The Kier molecular flexibility index (Phi) is 3.82. The molecule has 4 heteroatoms. The molecule has 0 amide bonds. The highest BCUT2D eigenvalue weighted by Gasteiger charge is 2.10. The van der Waals surface area contributed by atoms with Gasteiger partial charge in [-0.3, -0.25) is 0 Å². The van der Waals surface area contributed by atoms with E-state index < -0.39 is 0 Å². The zero-order valence-corrected chi connectivity index (χ0v) is 11.1. The lowest BCUT2D eigenvalue weighted by atomic mass is 10.2. The maximum absolute atomic E-state index is 8.48. The SMILES string of the molecule is CC(NCCC#N)c1cc2cc(Br)ccc2o1. The number of hydrogen-bond acceptors (Lipinski definition) is 3. The van der Waals surface area contributed by atoms with Crippen molar-refractivity contribution >= 4 is 26.9 Å². The summed E-state index contributed by atoms with van der Waals surface area (Å²) >= 11 is 3.44. The van der Waals surface area contributed by atoms with Crippen molar-refractivity contribution in [2.24, 2.45) is 0 Å². The number of hydrogen-bond donors (Lipinski definition) is 1. The van der Waals surface area contributed by atoms with Crippen LogP contribution in [0.25, 0.3) is 11.0 Å². The summed E-state index contributed by atoms with van der Waals surface area (Å²) in [5.41, 5.74) is 0.886. The Morgan fingerprint density at radius 1 is 1.47 bits per heavy atom. The summed E-state index contributed by atoms with van der Waals surface area (Å²) in [6.45, 7) is 2.71. The molecule has 0 aliphatic heterocycles. The van der Waals surface area contributed by atoms with Gasteiger partial charge in [-0.1, -0.05) is 15.9 Å². The van der Waals surface area contributed by atoms with Crippen LogP contribution in [0.3, 0.4) is 0 Å². The zero-order chi connectivity index (χ0) is 12.3. The number of nitrogens with zero attached hydrogens (tertiary/aromatic N) is 1. The van der Waals surface area contributed by atoms with E-state index in [9.17, 15) is 0 Å². The monoisotopic (exact) mass is 292 g/mol. The highest BCUT2D eigenvalue weighted by molar-refractivity contribution is 9.10. The van der Waals surface area contributed by atoms with Gasteiger partial charge < -0.3 is 9.73 Å². The Labute approximate surface area is 109 Å². The molecule has 0 fully saturated rings. The maximum atomic E-state index is 8.48. The second kappa shape index (κ2) is 5.35. The molecule has 0 bridgehead atoms. The van der Waals surface area contributed by atoms with Crippen LogP contribution < -0.4 is 5.32 Å². The van der Waals surface area contributed by atoms with Gasteiger partial charge in [-0.2, -0.15) is 5.26 Å². The van der Waals surface area contributed by atoms with Crippen LogP contribution in [0.1, 0.15) is 25.1 Å². The largest absolute Gasteiger partial charge is 0.459 e. The van der Waals surface area contributed by atoms with Gasteiger partial charge in [0.05, 0.1) is 12.1 Å². The first kappa shape index (κ1) is 12.2. The molecule has 0 aliphatic rings. The third-order valence-electron chi connectivity index (χ3n) is 2.61. The molecule has 1 aromatic carbocycles. The summed E-state index contributed by atoms with van der Waals surface area (Å²) in [5, 5.41) is 12.8. The van der Waals surface area contributed by atoms with E-state index in [0.29, 0.717) is 13.0 Å². The van der Waals surface area contributed by atoms with Crippen LogP contribution in [-0.2, 0) is 0 Å². The first-order chi connectivity index (χ1) is 8.20. The molecule has 88 valence electrons. The van der Waals surface area contributed by atoms with Gasteiger partial charge in [-0.05, 0) is 31.2 Å². The molecule has 0 radical (unpaired) electrons. The van der Waals surface area contributed by atoms with E-state index in [4.69, 9.17) is 9.68 Å². The van der Waals surface area contributed by atoms with Gasteiger partial charge in [0.25, 0.3) is 0 Å². The zero-order valence-electron chi connectivity index (χ0n) is 9.53. The minimum Gasteiger partial charge on any atom is -0.459 e. The number of rotatable bonds is 4. The molecule has 0 saturated heterocycles. The van der Waals surface area contributed by atoms with Crippen molar-refractivity contribution in [1.29, 1.82) is 5.26 Å². The summed E-state index contributed by atoms with van der Waals surface area (Å²) < 4.78 is 6.79. The number of nitrogens with one attached hydrogen (secondary N) is 1. The van der Waals surface area contributed by atoms with Crippen LogP contribution >= 0.6 is 15.9 Å². The normalized spacial score (nSPS) is 12.5. The quantitative estimate of drug-likeness (QED) is 0.873. The van der Waals surface area contributed by atoms with E-state index in [1.54, 1.807) is 0 Å². The van der Waals surface area contributed by atoms with E-state index in [2.05, 4.69) is 27.3 Å². The van der Waals surface area contributed by atoms with Crippen LogP contribution in [-0.4, -0.2) is 6.54 Å². The fourth-order valence-corrected chi connectivity index (χ4v) is 2.07. The lowest BCUT2D eigenvalue weighted by Crippen LogP contribution is -2.18. The third kappa shape index (κ3) is 2.87. The van der Waals surface area contributed by atoms with Crippen LogP contribution in [0.4, 0.5) is 0 Å². The van der Waals surface area contributed by atoms with Gasteiger partial charge in [-0.25, -0.2) is 0 Å². The Bertz CT molecular complexity index is 556. The van der Waals surface area contributed by atoms with Crippen molar-refractivity contribution in [1.82, 2.24) is 5.32 Å². The predicted molar refractivity (Wildman–Crippen MR) is 70.6 cm³/mol. The standard InChI is InChI=1S/C13H13BrN2O/c1-9(16-6-2-5-15)13-8-10-7-11(14)3-4-12(10)17-13/h3-4,7-9,16H,2,6H2,1H3. The number of nitriles is 1. The number of benzene rings is 1. The van der Waals surface area contributed by atoms with Gasteiger partial charge in [0.2, 0.25) is 0 Å². The molecule has 3 nitrogen and oxygen atoms in total. The molecule has 0 aliphatic carbocycles. The molecular weight excluding hydrogens is 280 g/mol.